The smallest absolute Gasteiger partial charge is 0.338 e. The van der Waals surface area contributed by atoms with Crippen LogP contribution in [0, 0.1) is 0 Å². The molecule has 1 N–H and O–H groups in total. The third kappa shape index (κ3) is 5.69. The molecule has 0 saturated carbocycles. The van der Waals surface area contributed by atoms with E-state index in [4.69, 9.17) is 4.74 Å². The lowest BCUT2D eigenvalue weighted by molar-refractivity contribution is 0.0526. The van der Waals surface area contributed by atoms with Crippen LogP contribution in [0.5, 0.6) is 0 Å². The number of rotatable bonds is 8. The van der Waals surface area contributed by atoms with Crippen LogP contribution in [0.15, 0.2) is 59.5 Å². The normalized spacial score (nSPS) is 12.6. The number of esters is 1. The molecule has 0 amide bonds. The predicted octanol–water partition coefficient (Wildman–Crippen LogP) is 3.16. The molecule has 2 aromatic rings. The van der Waals surface area contributed by atoms with E-state index >= 15 is 0 Å². The van der Waals surface area contributed by atoms with Crippen LogP contribution < -0.4 is 4.72 Å². The summed E-state index contributed by atoms with van der Waals surface area (Å²) in [5.74, 6) is -0.462. The highest BCUT2D eigenvalue weighted by atomic mass is 32.2. The summed E-state index contributed by atoms with van der Waals surface area (Å²) in [5, 5.41) is 0. The lowest BCUT2D eigenvalue weighted by atomic mass is 10.1. The zero-order valence-electron chi connectivity index (χ0n) is 14.4. The topological polar surface area (TPSA) is 72.5 Å². The maximum absolute atomic E-state index is 12.4. The first-order chi connectivity index (χ1) is 11.9. The Bertz CT molecular complexity index is 786. The number of benzene rings is 2. The van der Waals surface area contributed by atoms with E-state index in [1.54, 1.807) is 6.92 Å². The van der Waals surface area contributed by atoms with Gasteiger partial charge in [-0.05, 0) is 56.5 Å². The highest BCUT2D eigenvalue weighted by molar-refractivity contribution is 7.89. The molecule has 2 rings (SSSR count). The molecular formula is C19H23NO4S. The van der Waals surface area contributed by atoms with Crippen LogP contribution in [0.1, 0.15) is 36.2 Å². The van der Waals surface area contributed by atoms with E-state index in [0.29, 0.717) is 12.0 Å². The fourth-order valence-electron chi connectivity index (χ4n) is 2.40. The van der Waals surface area contributed by atoms with Gasteiger partial charge in [0, 0.05) is 6.04 Å². The number of hydrogen-bond donors (Lipinski definition) is 1. The molecule has 0 heterocycles. The van der Waals surface area contributed by atoms with Gasteiger partial charge in [-0.3, -0.25) is 0 Å². The van der Waals surface area contributed by atoms with Gasteiger partial charge in [0.2, 0.25) is 10.0 Å². The molecule has 0 fully saturated rings. The van der Waals surface area contributed by atoms with Gasteiger partial charge in [-0.1, -0.05) is 30.3 Å². The minimum Gasteiger partial charge on any atom is -0.462 e. The molecule has 0 aliphatic rings. The van der Waals surface area contributed by atoms with E-state index in [-0.39, 0.29) is 17.5 Å². The van der Waals surface area contributed by atoms with Crippen molar-refractivity contribution in [1.29, 1.82) is 0 Å². The summed E-state index contributed by atoms with van der Waals surface area (Å²) < 4.78 is 32.4. The number of sulfonamides is 1. The fraction of sp³-hybridized carbons (Fsp3) is 0.316. The third-order valence-electron chi connectivity index (χ3n) is 3.74. The molecule has 0 aliphatic heterocycles. The first kappa shape index (κ1) is 19.1. The molecule has 0 aliphatic carbocycles. The molecule has 1 unspecified atom stereocenters. The van der Waals surface area contributed by atoms with Crippen molar-refractivity contribution in [2.75, 3.05) is 6.61 Å². The number of nitrogens with one attached hydrogen (secondary N) is 1. The Balaban J connectivity index is 1.97. The van der Waals surface area contributed by atoms with Gasteiger partial charge in [0.15, 0.2) is 0 Å². The average Bonchev–Trinajstić information content (AvgIpc) is 2.61. The monoisotopic (exact) mass is 361 g/mol. The van der Waals surface area contributed by atoms with Crippen LogP contribution in [-0.4, -0.2) is 27.0 Å². The van der Waals surface area contributed by atoms with E-state index in [1.807, 2.05) is 37.3 Å². The molecule has 5 nitrogen and oxygen atoms in total. The van der Waals surface area contributed by atoms with Crippen molar-refractivity contribution in [2.24, 2.45) is 0 Å². The summed E-state index contributed by atoms with van der Waals surface area (Å²) in [6, 6.07) is 15.5. The lowest BCUT2D eigenvalue weighted by Crippen LogP contribution is -2.33. The van der Waals surface area contributed by atoms with E-state index < -0.39 is 16.0 Å². The van der Waals surface area contributed by atoms with Crippen molar-refractivity contribution in [1.82, 2.24) is 4.72 Å². The quantitative estimate of drug-likeness (QED) is 0.733. The zero-order valence-corrected chi connectivity index (χ0v) is 15.3. The Morgan fingerprint density at radius 1 is 1.08 bits per heavy atom. The molecule has 0 saturated heterocycles. The van der Waals surface area contributed by atoms with Crippen LogP contribution in [0.3, 0.4) is 0 Å². The molecule has 0 aromatic heterocycles. The van der Waals surface area contributed by atoms with Crippen LogP contribution in [0.25, 0.3) is 0 Å². The highest BCUT2D eigenvalue weighted by Crippen LogP contribution is 2.13. The van der Waals surface area contributed by atoms with E-state index in [2.05, 4.69) is 4.72 Å². The Labute approximate surface area is 149 Å². The van der Waals surface area contributed by atoms with Crippen molar-refractivity contribution in [3.8, 4) is 0 Å². The second kappa shape index (κ2) is 8.78. The Hall–Kier alpha value is -2.18. The van der Waals surface area contributed by atoms with Gasteiger partial charge in [-0.15, -0.1) is 0 Å². The largest absolute Gasteiger partial charge is 0.462 e. The van der Waals surface area contributed by atoms with Crippen LogP contribution in [0.4, 0.5) is 0 Å². The Morgan fingerprint density at radius 3 is 2.32 bits per heavy atom. The maximum atomic E-state index is 12.4. The third-order valence-corrected chi connectivity index (χ3v) is 5.35. The van der Waals surface area contributed by atoms with Crippen molar-refractivity contribution < 1.29 is 17.9 Å². The first-order valence-electron chi connectivity index (χ1n) is 8.26. The van der Waals surface area contributed by atoms with Crippen molar-refractivity contribution in [3.05, 3.63) is 65.7 Å². The van der Waals surface area contributed by atoms with E-state index in [1.165, 1.54) is 29.8 Å². The summed E-state index contributed by atoms with van der Waals surface area (Å²) in [7, 11) is -3.62. The molecule has 0 radical (unpaired) electrons. The molecule has 134 valence electrons. The van der Waals surface area contributed by atoms with Gasteiger partial charge >= 0.3 is 5.97 Å². The lowest BCUT2D eigenvalue weighted by Gasteiger charge is -2.14. The van der Waals surface area contributed by atoms with Gasteiger partial charge in [-0.25, -0.2) is 17.9 Å². The van der Waals surface area contributed by atoms with Crippen molar-refractivity contribution in [2.45, 2.75) is 37.6 Å². The molecule has 6 heteroatoms. The molecule has 1 atom stereocenters. The van der Waals surface area contributed by atoms with Gasteiger partial charge in [-0.2, -0.15) is 0 Å². The Morgan fingerprint density at radius 2 is 1.72 bits per heavy atom. The summed E-state index contributed by atoms with van der Waals surface area (Å²) in [5.41, 5.74) is 1.50. The fourth-order valence-corrected chi connectivity index (χ4v) is 3.68. The number of carbonyl (C=O) groups is 1. The van der Waals surface area contributed by atoms with Crippen molar-refractivity contribution >= 4 is 16.0 Å². The first-order valence-corrected chi connectivity index (χ1v) is 9.74. The SMILES string of the molecule is CCOC(=O)c1ccc(S(=O)(=O)NC(C)CCc2ccccc2)cc1. The van der Waals surface area contributed by atoms with Gasteiger partial charge < -0.3 is 4.74 Å². The molecular weight excluding hydrogens is 338 g/mol. The van der Waals surface area contributed by atoms with Gasteiger partial charge in [0.05, 0.1) is 17.1 Å². The predicted molar refractivity (Wildman–Crippen MR) is 96.9 cm³/mol. The number of carbonyl (C=O) groups excluding carboxylic acids is 1. The summed E-state index contributed by atoms with van der Waals surface area (Å²) in [6.07, 6.45) is 1.50. The second-order valence-corrected chi connectivity index (χ2v) is 7.51. The summed E-state index contributed by atoms with van der Waals surface area (Å²) >= 11 is 0. The number of ether oxygens (including phenoxy) is 1. The van der Waals surface area contributed by atoms with Gasteiger partial charge in [0.25, 0.3) is 0 Å². The van der Waals surface area contributed by atoms with Crippen molar-refractivity contribution in [3.63, 3.8) is 0 Å². The van der Waals surface area contributed by atoms with Gasteiger partial charge in [0.1, 0.15) is 0 Å². The molecule has 0 bridgehead atoms. The van der Waals surface area contributed by atoms with E-state index in [0.717, 1.165) is 6.42 Å². The minimum absolute atomic E-state index is 0.132. The van der Waals surface area contributed by atoms with Crippen LogP contribution >= 0.6 is 0 Å². The summed E-state index contributed by atoms with van der Waals surface area (Å²) in [6.45, 7) is 3.84. The molecule has 25 heavy (non-hydrogen) atoms. The average molecular weight is 361 g/mol. The number of hydrogen-bond acceptors (Lipinski definition) is 4. The van der Waals surface area contributed by atoms with Crippen LogP contribution in [0.2, 0.25) is 0 Å². The maximum Gasteiger partial charge on any atom is 0.338 e. The molecule has 0 spiro atoms. The molecule has 2 aromatic carbocycles. The Kier molecular flexibility index (Phi) is 6.73. The minimum atomic E-state index is -3.62. The standard InChI is InChI=1S/C19H23NO4S/c1-3-24-19(21)17-11-13-18(14-12-17)25(22,23)20-15(2)9-10-16-7-5-4-6-8-16/h4-8,11-15,20H,3,9-10H2,1-2H3. The number of aryl methyl sites for hydroxylation is 1. The second-order valence-electron chi connectivity index (χ2n) is 5.79. The van der Waals surface area contributed by atoms with Crippen LogP contribution in [-0.2, 0) is 21.2 Å². The zero-order chi connectivity index (χ0) is 18.3. The summed E-state index contributed by atoms with van der Waals surface area (Å²) in [4.78, 5) is 11.7. The highest BCUT2D eigenvalue weighted by Gasteiger charge is 2.18. The van der Waals surface area contributed by atoms with E-state index in [9.17, 15) is 13.2 Å².